The number of aromatic nitrogens is 3. The van der Waals surface area contributed by atoms with Crippen LogP contribution in [0.25, 0.3) is 5.65 Å². The summed E-state index contributed by atoms with van der Waals surface area (Å²) in [7, 11) is 0. The molecule has 3 aromatic rings. The topological polar surface area (TPSA) is 59.3 Å². The molecule has 0 spiro atoms. The Morgan fingerprint density at radius 1 is 1.19 bits per heavy atom. The van der Waals surface area contributed by atoms with E-state index in [1.165, 1.54) is 0 Å². The molecule has 0 fully saturated rings. The van der Waals surface area contributed by atoms with Gasteiger partial charge in [0.25, 0.3) is 5.91 Å². The summed E-state index contributed by atoms with van der Waals surface area (Å²) in [5.74, 6) is 0.711. The molecule has 0 unspecified atom stereocenters. The Balaban J connectivity index is 1.52. The van der Waals surface area contributed by atoms with Gasteiger partial charge >= 0.3 is 0 Å². The first-order chi connectivity index (χ1) is 10.3. The van der Waals surface area contributed by atoms with Gasteiger partial charge in [-0.05, 0) is 24.3 Å². The molecule has 0 atom stereocenters. The Morgan fingerprint density at radius 2 is 2.14 bits per heavy atom. The van der Waals surface area contributed by atoms with Crippen molar-refractivity contribution in [3.63, 3.8) is 0 Å². The monoisotopic (exact) mass is 298 g/mol. The third-order valence-electron chi connectivity index (χ3n) is 2.93. The van der Waals surface area contributed by atoms with E-state index in [2.05, 4.69) is 15.3 Å². The van der Waals surface area contributed by atoms with E-state index in [4.69, 9.17) is 0 Å². The van der Waals surface area contributed by atoms with Gasteiger partial charge in [-0.15, -0.1) is 11.8 Å². The van der Waals surface area contributed by atoms with Crippen molar-refractivity contribution in [1.82, 2.24) is 19.7 Å². The lowest BCUT2D eigenvalue weighted by molar-refractivity contribution is 0.0955. The van der Waals surface area contributed by atoms with Gasteiger partial charge in [-0.1, -0.05) is 6.07 Å². The number of fused-ring (bicyclic) bond motifs is 1. The summed E-state index contributed by atoms with van der Waals surface area (Å²) in [6.07, 6.45) is 7.08. The predicted octanol–water partition coefficient (Wildman–Crippen LogP) is 2.25. The van der Waals surface area contributed by atoms with E-state index in [0.29, 0.717) is 12.1 Å². The van der Waals surface area contributed by atoms with E-state index in [9.17, 15) is 4.79 Å². The minimum Gasteiger partial charge on any atom is -0.351 e. The summed E-state index contributed by atoms with van der Waals surface area (Å²) >= 11 is 1.62. The maximum atomic E-state index is 12.1. The summed E-state index contributed by atoms with van der Waals surface area (Å²) < 4.78 is 1.83. The molecule has 0 saturated carbocycles. The van der Waals surface area contributed by atoms with Crippen molar-refractivity contribution >= 4 is 23.3 Å². The highest BCUT2D eigenvalue weighted by atomic mass is 32.2. The summed E-state index contributed by atoms with van der Waals surface area (Å²) in [6, 6.07) is 9.41. The fourth-order valence-corrected chi connectivity index (χ4v) is 2.63. The molecule has 3 aromatic heterocycles. The van der Waals surface area contributed by atoms with Crippen LogP contribution in [0.4, 0.5) is 0 Å². The molecule has 0 aromatic carbocycles. The molecule has 21 heavy (non-hydrogen) atoms. The largest absolute Gasteiger partial charge is 0.351 e. The molecule has 0 saturated heterocycles. The summed E-state index contributed by atoms with van der Waals surface area (Å²) in [5, 5.41) is 3.87. The van der Waals surface area contributed by atoms with E-state index in [-0.39, 0.29) is 5.91 Å². The van der Waals surface area contributed by atoms with Crippen LogP contribution in [0, 0.1) is 0 Å². The van der Waals surface area contributed by atoms with Gasteiger partial charge < -0.3 is 9.72 Å². The Labute approximate surface area is 126 Å². The Hall–Kier alpha value is -2.34. The van der Waals surface area contributed by atoms with Crippen LogP contribution in [0.3, 0.4) is 0 Å². The van der Waals surface area contributed by atoms with Gasteiger partial charge in [0.1, 0.15) is 5.65 Å². The van der Waals surface area contributed by atoms with Crippen LogP contribution in [-0.2, 0) is 0 Å². The quantitative estimate of drug-likeness (QED) is 0.580. The zero-order chi connectivity index (χ0) is 14.5. The maximum Gasteiger partial charge on any atom is 0.252 e. The smallest absolute Gasteiger partial charge is 0.252 e. The average Bonchev–Trinajstić information content (AvgIpc) is 3.00. The van der Waals surface area contributed by atoms with Gasteiger partial charge in [0.05, 0.1) is 10.6 Å². The second-order valence-electron chi connectivity index (χ2n) is 4.38. The van der Waals surface area contributed by atoms with Gasteiger partial charge in [-0.2, -0.15) is 0 Å². The molecule has 106 valence electrons. The number of amides is 1. The lowest BCUT2D eigenvalue weighted by Crippen LogP contribution is -2.25. The van der Waals surface area contributed by atoms with E-state index >= 15 is 0 Å². The highest BCUT2D eigenvalue weighted by molar-refractivity contribution is 7.99. The second-order valence-corrected chi connectivity index (χ2v) is 5.50. The lowest BCUT2D eigenvalue weighted by atomic mass is 10.2. The van der Waals surface area contributed by atoms with Crippen molar-refractivity contribution < 1.29 is 4.79 Å². The summed E-state index contributed by atoms with van der Waals surface area (Å²) in [6.45, 7) is 0.599. The molecule has 5 nitrogen and oxygen atoms in total. The number of nitrogens with one attached hydrogen (secondary N) is 1. The summed E-state index contributed by atoms with van der Waals surface area (Å²) in [4.78, 5) is 20.4. The molecule has 0 aliphatic heterocycles. The van der Waals surface area contributed by atoms with Crippen molar-refractivity contribution in [2.45, 2.75) is 5.03 Å². The van der Waals surface area contributed by atoms with Gasteiger partial charge in [0, 0.05) is 37.1 Å². The zero-order valence-corrected chi connectivity index (χ0v) is 12.1. The van der Waals surface area contributed by atoms with Crippen LogP contribution >= 0.6 is 11.8 Å². The van der Waals surface area contributed by atoms with Crippen LogP contribution in [0.5, 0.6) is 0 Å². The van der Waals surface area contributed by atoms with Gasteiger partial charge in [0.2, 0.25) is 0 Å². The third-order valence-corrected chi connectivity index (χ3v) is 3.87. The molecule has 0 bridgehead atoms. The molecule has 0 aliphatic carbocycles. The fourth-order valence-electron chi connectivity index (χ4n) is 1.91. The number of nitrogens with zero attached hydrogens (tertiary/aromatic N) is 3. The van der Waals surface area contributed by atoms with Gasteiger partial charge in [0.15, 0.2) is 0 Å². The van der Waals surface area contributed by atoms with Crippen molar-refractivity contribution in [1.29, 1.82) is 0 Å². The predicted molar refractivity (Wildman–Crippen MR) is 82.5 cm³/mol. The molecule has 3 heterocycles. The number of carbonyl (C=O) groups is 1. The SMILES string of the molecule is O=C(NCCSc1ccccn1)c1ccc2nccn2c1. The average molecular weight is 298 g/mol. The van der Waals surface area contributed by atoms with Crippen LogP contribution in [-0.4, -0.2) is 32.6 Å². The van der Waals surface area contributed by atoms with Crippen molar-refractivity contribution in [3.05, 3.63) is 60.7 Å². The van der Waals surface area contributed by atoms with Gasteiger partial charge in [-0.3, -0.25) is 4.79 Å². The zero-order valence-electron chi connectivity index (χ0n) is 11.3. The molecule has 0 radical (unpaired) electrons. The van der Waals surface area contributed by atoms with E-state index in [1.54, 1.807) is 36.4 Å². The number of imidazole rings is 1. The van der Waals surface area contributed by atoms with E-state index in [0.717, 1.165) is 16.4 Å². The highest BCUT2D eigenvalue weighted by Crippen LogP contribution is 2.12. The van der Waals surface area contributed by atoms with Crippen molar-refractivity contribution in [2.75, 3.05) is 12.3 Å². The van der Waals surface area contributed by atoms with Gasteiger partial charge in [-0.25, -0.2) is 9.97 Å². The normalized spacial score (nSPS) is 10.7. The molecule has 6 heteroatoms. The maximum absolute atomic E-state index is 12.1. The molecule has 1 amide bonds. The Bertz CT molecular complexity index is 742. The Morgan fingerprint density at radius 3 is 3.00 bits per heavy atom. The number of carbonyl (C=O) groups excluding carboxylic acids is 1. The van der Waals surface area contributed by atoms with Crippen molar-refractivity contribution in [3.8, 4) is 0 Å². The molecule has 0 aliphatic rings. The number of rotatable bonds is 5. The van der Waals surface area contributed by atoms with E-state index in [1.807, 2.05) is 34.9 Å². The molecular formula is C15H14N4OS. The van der Waals surface area contributed by atoms with Crippen LogP contribution < -0.4 is 5.32 Å². The first-order valence-electron chi connectivity index (χ1n) is 6.58. The first-order valence-corrected chi connectivity index (χ1v) is 7.56. The van der Waals surface area contributed by atoms with Crippen LogP contribution in [0.1, 0.15) is 10.4 Å². The number of pyridine rings is 2. The number of thioether (sulfide) groups is 1. The third kappa shape index (κ3) is 3.41. The molecular weight excluding hydrogens is 284 g/mol. The van der Waals surface area contributed by atoms with Crippen LogP contribution in [0.15, 0.2) is 60.1 Å². The number of hydrogen-bond acceptors (Lipinski definition) is 4. The Kier molecular flexibility index (Phi) is 4.16. The first kappa shape index (κ1) is 13.6. The molecule has 1 N–H and O–H groups in total. The standard InChI is InChI=1S/C15H14N4OS/c20-15(12-4-5-13-16-7-9-19(13)11-12)18-8-10-21-14-3-1-2-6-17-14/h1-7,9,11H,8,10H2,(H,18,20). The fraction of sp³-hybridized carbons (Fsp3) is 0.133. The van der Waals surface area contributed by atoms with E-state index < -0.39 is 0 Å². The van der Waals surface area contributed by atoms with Crippen LogP contribution in [0.2, 0.25) is 0 Å². The number of hydrogen-bond donors (Lipinski definition) is 1. The highest BCUT2D eigenvalue weighted by Gasteiger charge is 2.06. The lowest BCUT2D eigenvalue weighted by Gasteiger charge is -2.05. The van der Waals surface area contributed by atoms with Crippen molar-refractivity contribution in [2.24, 2.45) is 0 Å². The second kappa shape index (κ2) is 6.41. The summed E-state index contributed by atoms with van der Waals surface area (Å²) in [5.41, 5.74) is 1.46. The minimum atomic E-state index is -0.0766. The minimum absolute atomic E-state index is 0.0766. The molecule has 3 rings (SSSR count).